The minimum atomic E-state index is -0.134. The molecule has 0 saturated heterocycles. The summed E-state index contributed by atoms with van der Waals surface area (Å²) in [6.07, 6.45) is 1.82. The van der Waals surface area contributed by atoms with Gasteiger partial charge in [-0.25, -0.2) is 4.98 Å². The molecule has 1 amide bonds. The zero-order chi connectivity index (χ0) is 13.5. The van der Waals surface area contributed by atoms with Gasteiger partial charge in [0.15, 0.2) is 0 Å². The van der Waals surface area contributed by atoms with Gasteiger partial charge in [0, 0.05) is 31.7 Å². The molecule has 0 saturated carbocycles. The van der Waals surface area contributed by atoms with E-state index in [1.54, 1.807) is 13.0 Å². The molecule has 0 radical (unpaired) electrons. The van der Waals surface area contributed by atoms with E-state index in [2.05, 4.69) is 15.6 Å². The first kappa shape index (κ1) is 15.0. The molecule has 4 N–H and O–H groups in total. The number of nitrogens with zero attached hydrogens (tertiary/aromatic N) is 1. The number of hydrogen-bond donors (Lipinski definition) is 3. The lowest BCUT2D eigenvalue weighted by Gasteiger charge is -2.09. The summed E-state index contributed by atoms with van der Waals surface area (Å²) in [5.41, 5.74) is 5.51. The minimum Gasteiger partial charge on any atom is -0.367 e. The van der Waals surface area contributed by atoms with Crippen LogP contribution in [-0.4, -0.2) is 30.0 Å². The number of carbonyl (C=O) groups excluding carboxylic acids is 1. The number of nitrogens with one attached hydrogen (secondary N) is 2. The van der Waals surface area contributed by atoms with Crippen LogP contribution in [0.1, 0.15) is 13.3 Å². The van der Waals surface area contributed by atoms with Crippen molar-refractivity contribution >= 4 is 34.9 Å². The summed E-state index contributed by atoms with van der Waals surface area (Å²) in [5.74, 6) is 0.476. The Labute approximate surface area is 116 Å². The first-order chi connectivity index (χ1) is 8.49. The van der Waals surface area contributed by atoms with Crippen molar-refractivity contribution in [2.75, 3.05) is 18.4 Å². The molecule has 5 nitrogen and oxygen atoms in total. The van der Waals surface area contributed by atoms with Crippen molar-refractivity contribution in [3.05, 3.63) is 22.3 Å². The number of rotatable bonds is 6. The predicted octanol–water partition coefficient (Wildman–Crippen LogP) is 1.65. The van der Waals surface area contributed by atoms with Crippen molar-refractivity contribution in [2.45, 2.75) is 19.4 Å². The molecule has 1 atom stereocenters. The van der Waals surface area contributed by atoms with E-state index in [1.807, 2.05) is 0 Å². The molecule has 1 rings (SSSR count). The van der Waals surface area contributed by atoms with Crippen molar-refractivity contribution < 1.29 is 4.79 Å². The number of nitrogens with two attached hydrogens (primary N) is 1. The summed E-state index contributed by atoms with van der Waals surface area (Å²) >= 11 is 11.7. The van der Waals surface area contributed by atoms with Gasteiger partial charge >= 0.3 is 0 Å². The van der Waals surface area contributed by atoms with E-state index in [0.29, 0.717) is 35.4 Å². The summed E-state index contributed by atoms with van der Waals surface area (Å²) in [6.45, 7) is 2.79. The van der Waals surface area contributed by atoms with Gasteiger partial charge in [-0.15, -0.1) is 0 Å². The average molecular weight is 291 g/mol. The molecule has 0 bridgehead atoms. The van der Waals surface area contributed by atoms with Crippen LogP contribution >= 0.6 is 23.2 Å². The lowest BCUT2D eigenvalue weighted by atomic mass is 10.2. The Bertz CT molecular complexity index is 412. The Hall–Kier alpha value is -1.04. The van der Waals surface area contributed by atoms with Gasteiger partial charge < -0.3 is 16.4 Å². The highest BCUT2D eigenvalue weighted by molar-refractivity contribution is 6.35. The van der Waals surface area contributed by atoms with Crippen molar-refractivity contribution in [2.24, 2.45) is 5.73 Å². The van der Waals surface area contributed by atoms with Crippen LogP contribution in [0.4, 0.5) is 5.82 Å². The SMILES string of the molecule is CC(N)CC(=O)NCCNc1ncc(Cl)cc1Cl. The molecule has 0 aliphatic carbocycles. The van der Waals surface area contributed by atoms with E-state index < -0.39 is 0 Å². The first-order valence-corrected chi connectivity index (χ1v) is 6.32. The quantitative estimate of drug-likeness (QED) is 0.696. The highest BCUT2D eigenvalue weighted by atomic mass is 35.5. The van der Waals surface area contributed by atoms with Crippen LogP contribution in [0.5, 0.6) is 0 Å². The standard InChI is InChI=1S/C11H16Cl2N4O/c1-7(14)4-10(18)15-2-3-16-11-9(13)5-8(12)6-17-11/h5-7H,2-4,14H2,1H3,(H,15,18)(H,16,17). The van der Waals surface area contributed by atoms with Crippen LogP contribution in [0.2, 0.25) is 10.0 Å². The Balaban J connectivity index is 2.27. The largest absolute Gasteiger partial charge is 0.367 e. The second kappa shape index (κ2) is 7.41. The number of amides is 1. The molecule has 0 aliphatic heterocycles. The van der Waals surface area contributed by atoms with Gasteiger partial charge in [0.2, 0.25) is 5.91 Å². The van der Waals surface area contributed by atoms with Gasteiger partial charge in [-0.3, -0.25) is 4.79 Å². The van der Waals surface area contributed by atoms with Crippen LogP contribution < -0.4 is 16.4 Å². The predicted molar refractivity (Wildman–Crippen MR) is 74.0 cm³/mol. The van der Waals surface area contributed by atoms with Crippen molar-refractivity contribution in [1.29, 1.82) is 0 Å². The maximum atomic E-state index is 11.3. The minimum absolute atomic E-state index is 0.0676. The highest BCUT2D eigenvalue weighted by Crippen LogP contribution is 2.21. The average Bonchev–Trinajstić information content (AvgIpc) is 2.25. The third-order valence-electron chi connectivity index (χ3n) is 2.05. The van der Waals surface area contributed by atoms with Gasteiger partial charge in [0.1, 0.15) is 5.82 Å². The molecule has 1 aromatic rings. The summed E-state index contributed by atoms with van der Waals surface area (Å²) < 4.78 is 0. The van der Waals surface area contributed by atoms with E-state index in [1.165, 1.54) is 6.20 Å². The van der Waals surface area contributed by atoms with Crippen LogP contribution in [0.25, 0.3) is 0 Å². The van der Waals surface area contributed by atoms with Crippen molar-refractivity contribution in [3.8, 4) is 0 Å². The Morgan fingerprint density at radius 2 is 2.22 bits per heavy atom. The van der Waals surface area contributed by atoms with Crippen LogP contribution in [0.3, 0.4) is 0 Å². The topological polar surface area (TPSA) is 80.0 Å². The van der Waals surface area contributed by atoms with Gasteiger partial charge in [-0.05, 0) is 13.0 Å². The molecule has 1 heterocycles. The maximum Gasteiger partial charge on any atom is 0.221 e. The van der Waals surface area contributed by atoms with E-state index >= 15 is 0 Å². The third kappa shape index (κ3) is 5.53. The summed E-state index contributed by atoms with van der Waals surface area (Å²) in [6, 6.07) is 1.47. The fourth-order valence-electron chi connectivity index (χ4n) is 1.29. The Morgan fingerprint density at radius 3 is 2.83 bits per heavy atom. The molecule has 1 unspecified atom stereocenters. The molecule has 0 fully saturated rings. The molecule has 0 aliphatic rings. The lowest BCUT2D eigenvalue weighted by molar-refractivity contribution is -0.121. The molecule has 100 valence electrons. The molecule has 1 aromatic heterocycles. The molecule has 0 aromatic carbocycles. The Morgan fingerprint density at radius 1 is 1.50 bits per heavy atom. The summed E-state index contributed by atoms with van der Waals surface area (Å²) in [7, 11) is 0. The monoisotopic (exact) mass is 290 g/mol. The number of pyridine rings is 1. The highest BCUT2D eigenvalue weighted by Gasteiger charge is 2.05. The molecular weight excluding hydrogens is 275 g/mol. The second-order valence-electron chi connectivity index (χ2n) is 3.94. The van der Waals surface area contributed by atoms with Crippen LogP contribution in [0.15, 0.2) is 12.3 Å². The van der Waals surface area contributed by atoms with Gasteiger partial charge in [0.25, 0.3) is 0 Å². The number of anilines is 1. The fourth-order valence-corrected chi connectivity index (χ4v) is 1.74. The molecular formula is C11H16Cl2N4O. The van der Waals surface area contributed by atoms with E-state index in [9.17, 15) is 4.79 Å². The number of halogens is 2. The zero-order valence-electron chi connectivity index (χ0n) is 10.0. The third-order valence-corrected chi connectivity index (χ3v) is 2.55. The zero-order valence-corrected chi connectivity index (χ0v) is 11.6. The van der Waals surface area contributed by atoms with Gasteiger partial charge in [-0.1, -0.05) is 23.2 Å². The number of carbonyl (C=O) groups is 1. The normalized spacial score (nSPS) is 12.0. The first-order valence-electron chi connectivity index (χ1n) is 5.56. The van der Waals surface area contributed by atoms with E-state index in [-0.39, 0.29) is 11.9 Å². The van der Waals surface area contributed by atoms with Gasteiger partial charge in [-0.2, -0.15) is 0 Å². The van der Waals surface area contributed by atoms with Crippen LogP contribution in [-0.2, 0) is 4.79 Å². The molecule has 18 heavy (non-hydrogen) atoms. The summed E-state index contributed by atoms with van der Waals surface area (Å²) in [5, 5.41) is 6.67. The molecule has 0 spiro atoms. The lowest BCUT2D eigenvalue weighted by Crippen LogP contribution is -2.33. The number of aromatic nitrogens is 1. The Kier molecular flexibility index (Phi) is 6.18. The van der Waals surface area contributed by atoms with Crippen molar-refractivity contribution in [1.82, 2.24) is 10.3 Å². The molecule has 7 heteroatoms. The van der Waals surface area contributed by atoms with E-state index in [4.69, 9.17) is 28.9 Å². The smallest absolute Gasteiger partial charge is 0.221 e. The maximum absolute atomic E-state index is 11.3. The second-order valence-corrected chi connectivity index (χ2v) is 4.79. The van der Waals surface area contributed by atoms with E-state index in [0.717, 1.165) is 0 Å². The number of hydrogen-bond acceptors (Lipinski definition) is 4. The van der Waals surface area contributed by atoms with Crippen LogP contribution in [0, 0.1) is 0 Å². The van der Waals surface area contributed by atoms with Gasteiger partial charge in [0.05, 0.1) is 10.0 Å². The fraction of sp³-hybridized carbons (Fsp3) is 0.455. The summed E-state index contributed by atoms with van der Waals surface area (Å²) in [4.78, 5) is 15.3. The van der Waals surface area contributed by atoms with Crippen molar-refractivity contribution in [3.63, 3.8) is 0 Å².